The van der Waals surface area contributed by atoms with Crippen LogP contribution in [0.1, 0.15) is 26.7 Å². The molecule has 12 heavy (non-hydrogen) atoms. The molecule has 0 aromatic rings. The highest BCUT2D eigenvalue weighted by Gasteiger charge is 2.48. The fourth-order valence-corrected chi connectivity index (χ4v) is 2.23. The molecule has 2 atom stereocenters. The van der Waals surface area contributed by atoms with Gasteiger partial charge in [0, 0.05) is 11.8 Å². The van der Waals surface area contributed by atoms with Gasteiger partial charge in [0.15, 0.2) is 0 Å². The number of halogens is 2. The second-order valence-electron chi connectivity index (χ2n) is 3.46. The minimum Gasteiger partial charge on any atom is -0.299 e. The van der Waals surface area contributed by atoms with Gasteiger partial charge >= 0.3 is 0 Å². The molecule has 1 nitrogen and oxygen atoms in total. The second kappa shape index (κ2) is 3.62. The van der Waals surface area contributed by atoms with Crippen LogP contribution in [0.15, 0.2) is 9.47 Å². The Balaban J connectivity index is 2.73. The minimum atomic E-state index is -0.104. The maximum atomic E-state index is 11.3. The summed E-state index contributed by atoms with van der Waals surface area (Å²) in [6, 6.07) is 0. The molecule has 1 fully saturated rings. The molecule has 0 aliphatic heterocycles. The quantitative estimate of drug-likeness (QED) is 0.760. The lowest BCUT2D eigenvalue weighted by molar-refractivity contribution is -0.141. The summed E-state index contributed by atoms with van der Waals surface area (Å²) in [7, 11) is 0. The van der Waals surface area contributed by atoms with E-state index in [2.05, 4.69) is 44.9 Å². The van der Waals surface area contributed by atoms with E-state index < -0.39 is 0 Å². The van der Waals surface area contributed by atoms with E-state index in [-0.39, 0.29) is 5.41 Å². The maximum Gasteiger partial charge on any atom is 0.139 e. The Bertz CT molecular complexity index is 231. The third-order valence-electron chi connectivity index (χ3n) is 2.92. The molecule has 2 unspecified atom stereocenters. The molecule has 1 aliphatic rings. The Morgan fingerprint density at radius 1 is 1.75 bits per heavy atom. The Hall–Kier alpha value is 0.370. The number of carbonyl (C=O) groups excluding carboxylic acids is 1. The van der Waals surface area contributed by atoms with Gasteiger partial charge in [-0.1, -0.05) is 19.9 Å². The Kier molecular flexibility index (Phi) is 3.16. The molecule has 0 aromatic carbocycles. The molecule has 1 saturated carbocycles. The van der Waals surface area contributed by atoms with Crippen LogP contribution in [0.4, 0.5) is 0 Å². The van der Waals surface area contributed by atoms with Gasteiger partial charge in [-0.15, -0.1) is 0 Å². The minimum absolute atomic E-state index is 0.104. The topological polar surface area (TPSA) is 17.1 Å². The van der Waals surface area contributed by atoms with Gasteiger partial charge in [0.1, 0.15) is 5.78 Å². The molecule has 0 N–H and O–H groups in total. The molecule has 1 aliphatic carbocycles. The van der Waals surface area contributed by atoms with Crippen molar-refractivity contribution < 1.29 is 4.79 Å². The number of hydrogen-bond acceptors (Lipinski definition) is 1. The maximum absolute atomic E-state index is 11.3. The summed E-state index contributed by atoms with van der Waals surface area (Å²) in [4.78, 5) is 11.3. The fraction of sp³-hybridized carbons (Fsp3) is 0.667. The Morgan fingerprint density at radius 2 is 2.33 bits per heavy atom. The zero-order chi connectivity index (χ0) is 9.35. The number of carbonyl (C=O) groups is 1. The lowest BCUT2D eigenvalue weighted by atomic mass is 9.59. The fourth-order valence-electron chi connectivity index (χ4n) is 1.59. The van der Waals surface area contributed by atoms with Gasteiger partial charge in [0.2, 0.25) is 0 Å². The Labute approximate surface area is 89.9 Å². The number of ketones is 1. The third-order valence-corrected chi connectivity index (χ3v) is 3.45. The summed E-state index contributed by atoms with van der Waals surface area (Å²) >= 11 is 6.63. The molecule has 0 bridgehead atoms. The molecule has 0 spiro atoms. The van der Waals surface area contributed by atoms with Crippen molar-refractivity contribution in [2.45, 2.75) is 26.7 Å². The third kappa shape index (κ3) is 1.67. The van der Waals surface area contributed by atoms with E-state index in [0.717, 1.165) is 9.81 Å². The molecule has 0 heterocycles. The van der Waals surface area contributed by atoms with Gasteiger partial charge < -0.3 is 0 Å². The van der Waals surface area contributed by atoms with Crippen LogP contribution < -0.4 is 0 Å². The van der Waals surface area contributed by atoms with E-state index >= 15 is 0 Å². The van der Waals surface area contributed by atoms with Crippen molar-refractivity contribution in [3.63, 3.8) is 0 Å². The first-order valence-corrected chi connectivity index (χ1v) is 5.65. The monoisotopic (exact) mass is 294 g/mol. The SMILES string of the molecule is CCC1(C)C(=O)CC1C=C(Br)Br. The molecule has 0 radical (unpaired) electrons. The van der Waals surface area contributed by atoms with Crippen LogP contribution in [0.2, 0.25) is 0 Å². The molecule has 0 saturated heterocycles. The molecule has 1 rings (SSSR count). The van der Waals surface area contributed by atoms with E-state index in [1.165, 1.54) is 0 Å². The van der Waals surface area contributed by atoms with Gasteiger partial charge in [-0.3, -0.25) is 4.79 Å². The predicted octanol–water partition coefficient (Wildman–Crippen LogP) is 3.62. The highest BCUT2D eigenvalue weighted by atomic mass is 79.9. The lowest BCUT2D eigenvalue weighted by Crippen LogP contribution is -2.46. The Morgan fingerprint density at radius 3 is 2.67 bits per heavy atom. The molecule has 68 valence electrons. The number of rotatable bonds is 2. The largest absolute Gasteiger partial charge is 0.299 e. The standard InChI is InChI=1S/C9H12Br2O/c1-3-9(2)6(4-7(9)12)5-8(10)11/h5-6H,3-4H2,1-2H3. The number of hydrogen-bond donors (Lipinski definition) is 0. The van der Waals surface area contributed by atoms with Crippen molar-refractivity contribution in [1.82, 2.24) is 0 Å². The van der Waals surface area contributed by atoms with Crippen molar-refractivity contribution in [1.29, 1.82) is 0 Å². The number of allylic oxidation sites excluding steroid dienone is 1. The van der Waals surface area contributed by atoms with Crippen LogP contribution in [0.5, 0.6) is 0 Å². The van der Waals surface area contributed by atoms with Crippen molar-refractivity contribution in [3.8, 4) is 0 Å². The normalized spacial score (nSPS) is 34.3. The zero-order valence-corrected chi connectivity index (χ0v) is 10.4. The predicted molar refractivity (Wildman–Crippen MR) is 57.4 cm³/mol. The highest BCUT2D eigenvalue weighted by molar-refractivity contribution is 9.28. The van der Waals surface area contributed by atoms with E-state index in [1.54, 1.807) is 0 Å². The van der Waals surface area contributed by atoms with E-state index in [4.69, 9.17) is 0 Å². The van der Waals surface area contributed by atoms with Gasteiger partial charge in [0.05, 0.1) is 3.39 Å². The van der Waals surface area contributed by atoms with Gasteiger partial charge in [0.25, 0.3) is 0 Å². The van der Waals surface area contributed by atoms with Crippen molar-refractivity contribution in [2.24, 2.45) is 11.3 Å². The number of Topliss-reactive ketones (excluding diaryl/α,β-unsaturated/α-hetero) is 1. The molecular formula is C9H12Br2O. The average molecular weight is 296 g/mol. The zero-order valence-electron chi connectivity index (χ0n) is 7.23. The van der Waals surface area contributed by atoms with Gasteiger partial charge in [-0.2, -0.15) is 0 Å². The van der Waals surface area contributed by atoms with E-state index in [0.29, 0.717) is 18.1 Å². The van der Waals surface area contributed by atoms with E-state index in [1.807, 2.05) is 6.92 Å². The summed E-state index contributed by atoms with van der Waals surface area (Å²) in [6.07, 6.45) is 3.70. The van der Waals surface area contributed by atoms with Crippen LogP contribution >= 0.6 is 31.9 Å². The first kappa shape index (κ1) is 10.5. The van der Waals surface area contributed by atoms with Crippen molar-refractivity contribution in [2.75, 3.05) is 0 Å². The van der Waals surface area contributed by atoms with Crippen LogP contribution in [0, 0.1) is 11.3 Å². The second-order valence-corrected chi connectivity index (χ2v) is 6.23. The van der Waals surface area contributed by atoms with Crippen LogP contribution in [-0.4, -0.2) is 5.78 Å². The molecule has 3 heteroatoms. The lowest BCUT2D eigenvalue weighted by Gasteiger charge is -2.43. The summed E-state index contributed by atoms with van der Waals surface area (Å²) in [6.45, 7) is 4.11. The average Bonchev–Trinajstić information content (AvgIpc) is 2.02. The summed E-state index contributed by atoms with van der Waals surface area (Å²) < 4.78 is 0.951. The van der Waals surface area contributed by atoms with Crippen LogP contribution in [0.3, 0.4) is 0 Å². The highest BCUT2D eigenvalue weighted by Crippen LogP contribution is 2.47. The summed E-state index contributed by atoms with van der Waals surface area (Å²) in [5, 5.41) is 0. The smallest absolute Gasteiger partial charge is 0.139 e. The molecule has 0 amide bonds. The van der Waals surface area contributed by atoms with Crippen molar-refractivity contribution in [3.05, 3.63) is 9.47 Å². The first-order chi connectivity index (χ1) is 5.50. The summed E-state index contributed by atoms with van der Waals surface area (Å²) in [5.41, 5.74) is -0.104. The van der Waals surface area contributed by atoms with Gasteiger partial charge in [-0.05, 0) is 44.2 Å². The van der Waals surface area contributed by atoms with Crippen LogP contribution in [0.25, 0.3) is 0 Å². The molecule has 0 aromatic heterocycles. The van der Waals surface area contributed by atoms with Gasteiger partial charge in [-0.25, -0.2) is 0 Å². The summed E-state index contributed by atoms with van der Waals surface area (Å²) in [5.74, 6) is 0.802. The van der Waals surface area contributed by atoms with Crippen molar-refractivity contribution >= 4 is 37.6 Å². The first-order valence-electron chi connectivity index (χ1n) is 4.07. The van der Waals surface area contributed by atoms with E-state index in [9.17, 15) is 4.79 Å². The molecular weight excluding hydrogens is 284 g/mol. The van der Waals surface area contributed by atoms with Crippen LogP contribution in [-0.2, 0) is 4.79 Å².